The second kappa shape index (κ2) is 9.17. The molecule has 0 aliphatic rings. The predicted octanol–water partition coefficient (Wildman–Crippen LogP) is 3.10. The summed E-state index contributed by atoms with van der Waals surface area (Å²) in [6, 6.07) is 6.65. The maximum absolute atomic E-state index is 11.9. The van der Waals surface area contributed by atoms with Crippen molar-refractivity contribution >= 4 is 23.2 Å². The van der Waals surface area contributed by atoms with E-state index in [2.05, 4.69) is 10.3 Å². The van der Waals surface area contributed by atoms with Gasteiger partial charge in [0.2, 0.25) is 0 Å². The van der Waals surface area contributed by atoms with Crippen molar-refractivity contribution in [1.82, 2.24) is 10.3 Å². The molecule has 0 aliphatic heterocycles. The fourth-order valence-electron chi connectivity index (χ4n) is 1.95. The molecule has 0 unspecified atom stereocenters. The average molecular weight is 362 g/mol. The number of ether oxygens (including phenoxy) is 2. The van der Waals surface area contributed by atoms with Gasteiger partial charge in [-0.15, -0.1) is 11.3 Å². The number of carbonyl (C=O) groups excluding carboxylic acids is 2. The van der Waals surface area contributed by atoms with Crippen molar-refractivity contribution in [3.63, 3.8) is 0 Å². The summed E-state index contributed by atoms with van der Waals surface area (Å²) in [4.78, 5) is 27.9. The van der Waals surface area contributed by atoms with Gasteiger partial charge in [-0.1, -0.05) is 6.92 Å². The lowest BCUT2D eigenvalue weighted by Gasteiger charge is -2.11. The van der Waals surface area contributed by atoms with Gasteiger partial charge in [0.1, 0.15) is 12.4 Å². The van der Waals surface area contributed by atoms with Crippen LogP contribution >= 0.6 is 11.3 Å². The number of benzene rings is 1. The van der Waals surface area contributed by atoms with E-state index in [1.54, 1.807) is 35.6 Å². The second-order valence-electron chi connectivity index (χ2n) is 5.62. The number of hydrogen-bond donors (Lipinski definition) is 1. The fourth-order valence-corrected chi connectivity index (χ4v) is 2.55. The highest BCUT2D eigenvalue weighted by atomic mass is 32.1. The highest BCUT2D eigenvalue weighted by Crippen LogP contribution is 2.16. The lowest BCUT2D eigenvalue weighted by atomic mass is 10.2. The van der Waals surface area contributed by atoms with Gasteiger partial charge in [0, 0.05) is 11.4 Å². The maximum atomic E-state index is 11.9. The van der Waals surface area contributed by atoms with Crippen LogP contribution in [0.3, 0.4) is 0 Å². The van der Waals surface area contributed by atoms with Crippen LogP contribution in [0.2, 0.25) is 0 Å². The number of amides is 1. The van der Waals surface area contributed by atoms with E-state index in [0.29, 0.717) is 17.9 Å². The normalized spacial score (nSPS) is 11.6. The van der Waals surface area contributed by atoms with E-state index in [1.807, 2.05) is 26.2 Å². The molecule has 25 heavy (non-hydrogen) atoms. The summed E-state index contributed by atoms with van der Waals surface area (Å²) >= 11 is 1.57. The van der Waals surface area contributed by atoms with Gasteiger partial charge in [0.05, 0.1) is 16.3 Å². The maximum Gasteiger partial charge on any atom is 0.338 e. The van der Waals surface area contributed by atoms with Crippen molar-refractivity contribution in [2.45, 2.75) is 39.8 Å². The van der Waals surface area contributed by atoms with Gasteiger partial charge in [-0.25, -0.2) is 9.78 Å². The quantitative estimate of drug-likeness (QED) is 0.730. The lowest BCUT2D eigenvalue weighted by molar-refractivity contribution is -0.124. The molecule has 0 fully saturated rings. The van der Waals surface area contributed by atoms with Crippen molar-refractivity contribution < 1.29 is 19.1 Å². The number of rotatable bonds is 8. The standard InChI is InChI=1S/C18H22N2O4S/c1-4-12(2)19-17(21)10-24-18(22)14-5-7-16(8-6-14)23-9-15-11-25-13(3)20-15/h5-8,11-12H,4,9-10H2,1-3H3,(H,19,21)/t12-/m0/s1. The SMILES string of the molecule is CC[C@H](C)NC(=O)COC(=O)c1ccc(OCc2csc(C)n2)cc1. The van der Waals surface area contributed by atoms with Crippen molar-refractivity contribution in [3.05, 3.63) is 45.9 Å². The van der Waals surface area contributed by atoms with Crippen LogP contribution in [-0.4, -0.2) is 29.5 Å². The average Bonchev–Trinajstić information content (AvgIpc) is 3.03. The summed E-state index contributed by atoms with van der Waals surface area (Å²) in [6.45, 7) is 5.90. The van der Waals surface area contributed by atoms with Gasteiger partial charge in [-0.05, 0) is 44.5 Å². The Labute approximate surface area is 151 Å². The van der Waals surface area contributed by atoms with Crippen LogP contribution < -0.4 is 10.1 Å². The highest BCUT2D eigenvalue weighted by Gasteiger charge is 2.11. The number of nitrogens with one attached hydrogen (secondary N) is 1. The minimum atomic E-state index is -0.541. The molecule has 0 radical (unpaired) electrons. The third kappa shape index (κ3) is 6.19. The summed E-state index contributed by atoms with van der Waals surface area (Å²) in [7, 11) is 0. The van der Waals surface area contributed by atoms with Crippen molar-refractivity contribution in [2.75, 3.05) is 6.61 Å². The van der Waals surface area contributed by atoms with Crippen molar-refractivity contribution in [3.8, 4) is 5.75 Å². The molecule has 2 rings (SSSR count). The predicted molar refractivity (Wildman–Crippen MR) is 95.8 cm³/mol. The molecule has 1 heterocycles. The van der Waals surface area contributed by atoms with E-state index in [1.165, 1.54) is 0 Å². The van der Waals surface area contributed by atoms with E-state index >= 15 is 0 Å². The number of hydrogen-bond acceptors (Lipinski definition) is 6. The topological polar surface area (TPSA) is 77.5 Å². The summed E-state index contributed by atoms with van der Waals surface area (Å²) in [5, 5.41) is 5.68. The molecule has 6 nitrogen and oxygen atoms in total. The highest BCUT2D eigenvalue weighted by molar-refractivity contribution is 7.09. The molecule has 0 spiro atoms. The van der Waals surface area contributed by atoms with Gasteiger partial charge in [-0.3, -0.25) is 4.79 Å². The van der Waals surface area contributed by atoms with Crippen LogP contribution in [0.25, 0.3) is 0 Å². The molecule has 0 saturated heterocycles. The molecule has 1 aromatic carbocycles. The van der Waals surface area contributed by atoms with Gasteiger partial charge in [0.15, 0.2) is 6.61 Å². The first-order valence-electron chi connectivity index (χ1n) is 8.08. The van der Waals surface area contributed by atoms with Crippen LogP contribution in [0.5, 0.6) is 5.75 Å². The largest absolute Gasteiger partial charge is 0.487 e. The first kappa shape index (κ1) is 18.9. The van der Waals surface area contributed by atoms with Gasteiger partial charge >= 0.3 is 5.97 Å². The molecule has 134 valence electrons. The molecule has 2 aromatic rings. The van der Waals surface area contributed by atoms with Crippen LogP contribution in [0.1, 0.15) is 41.3 Å². The summed E-state index contributed by atoms with van der Waals surface area (Å²) < 4.78 is 10.6. The number of esters is 1. The van der Waals surface area contributed by atoms with E-state index in [9.17, 15) is 9.59 Å². The second-order valence-corrected chi connectivity index (χ2v) is 6.69. The molecule has 7 heteroatoms. The van der Waals surface area contributed by atoms with Gasteiger partial charge < -0.3 is 14.8 Å². The molecule has 1 atom stereocenters. The zero-order valence-corrected chi connectivity index (χ0v) is 15.4. The summed E-state index contributed by atoms with van der Waals surface area (Å²) in [6.07, 6.45) is 0.821. The monoisotopic (exact) mass is 362 g/mol. The number of aryl methyl sites for hydroxylation is 1. The minimum absolute atomic E-state index is 0.0594. The van der Waals surface area contributed by atoms with Crippen LogP contribution in [-0.2, 0) is 16.1 Å². The Morgan fingerprint density at radius 3 is 2.60 bits per heavy atom. The molecular weight excluding hydrogens is 340 g/mol. The number of thiazole rings is 1. The van der Waals surface area contributed by atoms with E-state index in [-0.39, 0.29) is 18.6 Å². The fraction of sp³-hybridized carbons (Fsp3) is 0.389. The Morgan fingerprint density at radius 2 is 2.00 bits per heavy atom. The van der Waals surface area contributed by atoms with E-state index in [0.717, 1.165) is 17.1 Å². The first-order chi connectivity index (χ1) is 12.0. The van der Waals surface area contributed by atoms with Gasteiger partial charge in [-0.2, -0.15) is 0 Å². The molecule has 1 N–H and O–H groups in total. The zero-order valence-electron chi connectivity index (χ0n) is 14.6. The van der Waals surface area contributed by atoms with Crippen LogP contribution in [0, 0.1) is 6.92 Å². The Bertz CT molecular complexity index is 712. The van der Waals surface area contributed by atoms with E-state index < -0.39 is 5.97 Å². The molecule has 1 amide bonds. The number of aromatic nitrogens is 1. The zero-order chi connectivity index (χ0) is 18.2. The molecule has 0 aliphatic carbocycles. The Balaban J connectivity index is 1.80. The van der Waals surface area contributed by atoms with Crippen LogP contribution in [0.4, 0.5) is 0 Å². The van der Waals surface area contributed by atoms with Gasteiger partial charge in [0.25, 0.3) is 5.91 Å². The summed E-state index contributed by atoms with van der Waals surface area (Å²) in [5.74, 6) is -0.209. The van der Waals surface area contributed by atoms with Crippen LogP contribution in [0.15, 0.2) is 29.6 Å². The smallest absolute Gasteiger partial charge is 0.338 e. The molecule has 0 bridgehead atoms. The summed E-state index contributed by atoms with van der Waals surface area (Å²) in [5.41, 5.74) is 1.24. The molecule has 1 aromatic heterocycles. The number of carbonyl (C=O) groups is 2. The third-order valence-electron chi connectivity index (χ3n) is 3.50. The van der Waals surface area contributed by atoms with E-state index in [4.69, 9.17) is 9.47 Å². The van der Waals surface area contributed by atoms with Crippen molar-refractivity contribution in [1.29, 1.82) is 0 Å². The molecule has 0 saturated carbocycles. The lowest BCUT2D eigenvalue weighted by Crippen LogP contribution is -2.35. The number of nitrogens with zero attached hydrogens (tertiary/aromatic N) is 1. The minimum Gasteiger partial charge on any atom is -0.487 e. The Morgan fingerprint density at radius 1 is 1.28 bits per heavy atom. The van der Waals surface area contributed by atoms with Crippen molar-refractivity contribution in [2.24, 2.45) is 0 Å². The third-order valence-corrected chi connectivity index (χ3v) is 4.32. The molecular formula is C18H22N2O4S. The Kier molecular flexibility index (Phi) is 6.94. The first-order valence-corrected chi connectivity index (χ1v) is 8.96. The Hall–Kier alpha value is -2.41.